The maximum absolute atomic E-state index is 12.9. The van der Waals surface area contributed by atoms with Crippen molar-refractivity contribution in [3.63, 3.8) is 0 Å². The highest BCUT2D eigenvalue weighted by molar-refractivity contribution is 7.13. The SMILES string of the molecule is O=C(c1cn[nH]c1-c1cccs1)N1C[C@@H](Cc2ccccn2)[C@H](O)C1. The van der Waals surface area contributed by atoms with Crippen LogP contribution in [0.4, 0.5) is 0 Å². The number of likely N-dealkylation sites (tertiary alicyclic amines) is 1. The molecule has 0 unspecified atom stereocenters. The monoisotopic (exact) mass is 354 g/mol. The molecule has 3 aromatic heterocycles. The number of thiophene rings is 1. The van der Waals surface area contributed by atoms with Gasteiger partial charge in [0.2, 0.25) is 0 Å². The van der Waals surface area contributed by atoms with Crippen LogP contribution in [0, 0.1) is 5.92 Å². The number of pyridine rings is 1. The number of H-pyrrole nitrogens is 1. The molecule has 128 valence electrons. The van der Waals surface area contributed by atoms with Crippen LogP contribution in [0.3, 0.4) is 0 Å². The lowest BCUT2D eigenvalue weighted by Crippen LogP contribution is -2.29. The largest absolute Gasteiger partial charge is 0.391 e. The van der Waals surface area contributed by atoms with Gasteiger partial charge in [-0.3, -0.25) is 14.9 Å². The van der Waals surface area contributed by atoms with E-state index in [0.717, 1.165) is 16.3 Å². The van der Waals surface area contributed by atoms with Crippen molar-refractivity contribution >= 4 is 17.2 Å². The Hall–Kier alpha value is -2.51. The predicted molar refractivity (Wildman–Crippen MR) is 95.2 cm³/mol. The molecule has 0 spiro atoms. The number of rotatable bonds is 4. The van der Waals surface area contributed by atoms with Crippen LogP contribution in [-0.2, 0) is 6.42 Å². The van der Waals surface area contributed by atoms with Crippen molar-refractivity contribution in [3.8, 4) is 10.6 Å². The zero-order valence-corrected chi connectivity index (χ0v) is 14.3. The fourth-order valence-electron chi connectivity index (χ4n) is 3.24. The van der Waals surface area contributed by atoms with Gasteiger partial charge < -0.3 is 10.0 Å². The quantitative estimate of drug-likeness (QED) is 0.753. The lowest BCUT2D eigenvalue weighted by atomic mass is 10.00. The van der Waals surface area contributed by atoms with E-state index >= 15 is 0 Å². The summed E-state index contributed by atoms with van der Waals surface area (Å²) < 4.78 is 0. The average Bonchev–Trinajstić information content (AvgIpc) is 3.36. The lowest BCUT2D eigenvalue weighted by Gasteiger charge is -2.16. The molecule has 1 amide bonds. The number of amides is 1. The summed E-state index contributed by atoms with van der Waals surface area (Å²) in [5.41, 5.74) is 2.22. The smallest absolute Gasteiger partial charge is 0.257 e. The molecule has 1 fully saturated rings. The molecule has 3 aromatic rings. The minimum atomic E-state index is -0.539. The first-order valence-electron chi connectivity index (χ1n) is 8.17. The van der Waals surface area contributed by atoms with Gasteiger partial charge in [-0.15, -0.1) is 11.3 Å². The molecule has 0 aliphatic carbocycles. The van der Waals surface area contributed by atoms with Gasteiger partial charge in [0.1, 0.15) is 0 Å². The van der Waals surface area contributed by atoms with Gasteiger partial charge in [-0.05, 0) is 30.0 Å². The van der Waals surface area contributed by atoms with Crippen LogP contribution in [0.1, 0.15) is 16.1 Å². The Balaban J connectivity index is 1.50. The molecule has 0 aromatic carbocycles. The molecule has 4 rings (SSSR count). The standard InChI is InChI=1S/C18H18N4O2S/c23-15-11-22(10-12(15)8-13-4-1-2-6-19-13)18(24)14-9-20-21-17(14)16-5-3-7-25-16/h1-7,9,12,15,23H,8,10-11H2,(H,20,21)/t12-,15-/m1/s1. The van der Waals surface area contributed by atoms with E-state index in [4.69, 9.17) is 0 Å². The van der Waals surface area contributed by atoms with Crippen LogP contribution >= 0.6 is 11.3 Å². The highest BCUT2D eigenvalue weighted by atomic mass is 32.1. The number of β-amino-alcohol motifs (C(OH)–C–C–N with tert-alkyl or cyclic N) is 1. The predicted octanol–water partition coefficient (Wildman–Crippen LogP) is 2.21. The normalized spacial score (nSPS) is 20.1. The van der Waals surface area contributed by atoms with Gasteiger partial charge in [0.25, 0.3) is 5.91 Å². The number of aromatic nitrogens is 3. The summed E-state index contributed by atoms with van der Waals surface area (Å²) in [5, 5.41) is 19.3. The third-order valence-corrected chi connectivity index (χ3v) is 5.42. The second-order valence-corrected chi connectivity index (χ2v) is 7.15. The Kier molecular flexibility index (Phi) is 4.33. The summed E-state index contributed by atoms with van der Waals surface area (Å²) in [7, 11) is 0. The third kappa shape index (κ3) is 3.20. The number of aromatic amines is 1. The van der Waals surface area contributed by atoms with E-state index < -0.39 is 6.10 Å². The fourth-order valence-corrected chi connectivity index (χ4v) is 3.97. The molecule has 0 saturated carbocycles. The number of carbonyl (C=O) groups excluding carboxylic acids is 1. The highest BCUT2D eigenvalue weighted by Crippen LogP contribution is 2.29. The Morgan fingerprint density at radius 3 is 3.00 bits per heavy atom. The Morgan fingerprint density at radius 1 is 1.32 bits per heavy atom. The first kappa shape index (κ1) is 16.0. The number of carbonyl (C=O) groups is 1. The van der Waals surface area contributed by atoms with Crippen LogP contribution in [0.25, 0.3) is 10.6 Å². The van der Waals surface area contributed by atoms with E-state index in [0.29, 0.717) is 25.1 Å². The molecule has 7 heteroatoms. The van der Waals surface area contributed by atoms with Crippen LogP contribution in [0.5, 0.6) is 0 Å². The van der Waals surface area contributed by atoms with Crippen molar-refractivity contribution in [2.45, 2.75) is 12.5 Å². The second kappa shape index (κ2) is 6.78. The van der Waals surface area contributed by atoms with Crippen LogP contribution in [-0.4, -0.2) is 50.3 Å². The average molecular weight is 354 g/mol. The number of aliphatic hydroxyl groups is 1. The van der Waals surface area contributed by atoms with Gasteiger partial charge >= 0.3 is 0 Å². The summed E-state index contributed by atoms with van der Waals surface area (Å²) in [6, 6.07) is 9.65. The second-order valence-electron chi connectivity index (χ2n) is 6.20. The molecule has 0 bridgehead atoms. The number of hydrogen-bond donors (Lipinski definition) is 2. The minimum Gasteiger partial charge on any atom is -0.391 e. The van der Waals surface area contributed by atoms with Crippen LogP contribution in [0.15, 0.2) is 48.1 Å². The molecule has 1 saturated heterocycles. The molecule has 25 heavy (non-hydrogen) atoms. The molecular weight excluding hydrogens is 336 g/mol. The molecule has 6 nitrogen and oxygen atoms in total. The van der Waals surface area contributed by atoms with Crippen molar-refractivity contribution in [1.29, 1.82) is 0 Å². The van der Waals surface area contributed by atoms with Gasteiger partial charge in [-0.2, -0.15) is 5.10 Å². The summed E-state index contributed by atoms with van der Waals surface area (Å²) in [6.45, 7) is 0.858. The number of nitrogens with one attached hydrogen (secondary N) is 1. The lowest BCUT2D eigenvalue weighted by molar-refractivity contribution is 0.0765. The van der Waals surface area contributed by atoms with E-state index in [1.807, 2.05) is 35.7 Å². The summed E-state index contributed by atoms with van der Waals surface area (Å²) >= 11 is 1.56. The van der Waals surface area contributed by atoms with E-state index in [1.165, 1.54) is 0 Å². The molecule has 1 aliphatic rings. The molecular formula is C18H18N4O2S. The minimum absolute atomic E-state index is 0.00376. The van der Waals surface area contributed by atoms with Gasteiger partial charge in [0.15, 0.2) is 0 Å². The van der Waals surface area contributed by atoms with Gasteiger partial charge in [-0.25, -0.2) is 0 Å². The topological polar surface area (TPSA) is 82.1 Å². The first-order valence-corrected chi connectivity index (χ1v) is 9.05. The number of nitrogens with zero attached hydrogens (tertiary/aromatic N) is 3. The molecule has 0 radical (unpaired) electrons. The summed E-state index contributed by atoms with van der Waals surface area (Å²) in [4.78, 5) is 19.9. The van der Waals surface area contributed by atoms with Crippen molar-refractivity contribution in [3.05, 3.63) is 59.4 Å². The Bertz CT molecular complexity index is 847. The summed E-state index contributed by atoms with van der Waals surface area (Å²) in [5.74, 6) is -0.101. The molecule has 4 heterocycles. The van der Waals surface area contributed by atoms with E-state index in [9.17, 15) is 9.90 Å². The molecule has 1 aliphatic heterocycles. The zero-order valence-electron chi connectivity index (χ0n) is 13.5. The Labute approximate surface area is 149 Å². The van der Waals surface area contributed by atoms with Crippen molar-refractivity contribution in [2.24, 2.45) is 5.92 Å². The Morgan fingerprint density at radius 2 is 2.24 bits per heavy atom. The van der Waals surface area contributed by atoms with E-state index in [1.54, 1.807) is 28.6 Å². The van der Waals surface area contributed by atoms with Crippen LogP contribution < -0.4 is 0 Å². The summed E-state index contributed by atoms with van der Waals surface area (Å²) in [6.07, 6.45) is 3.44. The first-order chi connectivity index (χ1) is 12.2. The fraction of sp³-hybridized carbons (Fsp3) is 0.278. The maximum Gasteiger partial charge on any atom is 0.257 e. The highest BCUT2D eigenvalue weighted by Gasteiger charge is 2.35. The number of hydrogen-bond acceptors (Lipinski definition) is 5. The van der Waals surface area contributed by atoms with Crippen molar-refractivity contribution in [1.82, 2.24) is 20.1 Å². The van der Waals surface area contributed by atoms with Gasteiger partial charge in [-0.1, -0.05) is 12.1 Å². The third-order valence-electron chi connectivity index (χ3n) is 4.53. The molecule has 2 atom stereocenters. The molecule has 2 N–H and O–H groups in total. The van der Waals surface area contributed by atoms with E-state index in [-0.39, 0.29) is 11.8 Å². The van der Waals surface area contributed by atoms with Gasteiger partial charge in [0.05, 0.1) is 28.4 Å². The van der Waals surface area contributed by atoms with E-state index in [2.05, 4.69) is 15.2 Å². The maximum atomic E-state index is 12.9. The zero-order chi connectivity index (χ0) is 17.2. The van der Waals surface area contributed by atoms with Crippen LogP contribution in [0.2, 0.25) is 0 Å². The van der Waals surface area contributed by atoms with Crippen molar-refractivity contribution < 1.29 is 9.90 Å². The van der Waals surface area contributed by atoms with Crippen molar-refractivity contribution in [2.75, 3.05) is 13.1 Å². The van der Waals surface area contributed by atoms with Gasteiger partial charge in [0, 0.05) is 30.9 Å². The number of aliphatic hydroxyl groups excluding tert-OH is 1.